The quantitative estimate of drug-likeness (QED) is 0.732. The van der Waals surface area contributed by atoms with Crippen LogP contribution in [0.25, 0.3) is 0 Å². The minimum Gasteiger partial charge on any atom is -0.371 e. The zero-order valence-electron chi connectivity index (χ0n) is 10.0. The van der Waals surface area contributed by atoms with E-state index in [1.807, 2.05) is 13.1 Å². The predicted octanol–water partition coefficient (Wildman–Crippen LogP) is 3.37. The van der Waals surface area contributed by atoms with Gasteiger partial charge in [-0.25, -0.2) is 0 Å². The second kappa shape index (κ2) is 5.05. The molecule has 1 aliphatic carbocycles. The molecule has 1 saturated carbocycles. The maximum absolute atomic E-state index is 5.97. The number of anilines is 1. The van der Waals surface area contributed by atoms with Crippen molar-refractivity contribution in [2.45, 2.75) is 32.6 Å². The molecule has 3 heteroatoms. The van der Waals surface area contributed by atoms with Crippen LogP contribution in [0.1, 0.15) is 31.0 Å². The zero-order chi connectivity index (χ0) is 11.5. The number of alkyl halides is 1. The molecule has 0 aromatic carbocycles. The number of nitrogens with zero attached hydrogens (tertiary/aromatic N) is 2. The van der Waals surface area contributed by atoms with Crippen LogP contribution in [-0.4, -0.2) is 18.1 Å². The molecule has 2 nitrogen and oxygen atoms in total. The molecule has 0 N–H and O–H groups in total. The van der Waals surface area contributed by atoms with Crippen LogP contribution in [0.5, 0.6) is 0 Å². The summed E-state index contributed by atoms with van der Waals surface area (Å²) in [6, 6.07) is 2.16. The van der Waals surface area contributed by atoms with Crippen molar-refractivity contribution in [3.8, 4) is 0 Å². The van der Waals surface area contributed by atoms with Crippen molar-refractivity contribution in [3.63, 3.8) is 0 Å². The third-order valence-electron chi connectivity index (χ3n) is 3.14. The van der Waals surface area contributed by atoms with Crippen LogP contribution in [0.4, 0.5) is 5.69 Å². The van der Waals surface area contributed by atoms with E-state index >= 15 is 0 Å². The fraction of sp³-hybridized carbons (Fsp3) is 0.615. The van der Waals surface area contributed by atoms with Crippen molar-refractivity contribution < 1.29 is 0 Å². The molecule has 16 heavy (non-hydrogen) atoms. The Kier molecular flexibility index (Phi) is 3.70. The van der Waals surface area contributed by atoms with Crippen LogP contribution in [0.2, 0.25) is 0 Å². The molecular weight excluding hydrogens is 220 g/mol. The number of aryl methyl sites for hydroxylation is 1. The number of halogens is 1. The average molecular weight is 239 g/mol. The number of pyridine rings is 1. The Morgan fingerprint density at radius 2 is 2.25 bits per heavy atom. The fourth-order valence-electron chi connectivity index (χ4n) is 1.98. The molecular formula is C13H19ClN2. The molecule has 0 aliphatic heterocycles. The van der Waals surface area contributed by atoms with Crippen molar-refractivity contribution in [2.24, 2.45) is 5.92 Å². The first-order valence-electron chi connectivity index (χ1n) is 6.01. The molecule has 1 aromatic heterocycles. The van der Waals surface area contributed by atoms with E-state index in [-0.39, 0.29) is 0 Å². The van der Waals surface area contributed by atoms with Crippen LogP contribution in [0.3, 0.4) is 0 Å². The Labute approximate surface area is 103 Å². The SMILES string of the molecule is CCN(CC1CC1)c1cc(C)ncc1CCl. The highest BCUT2D eigenvalue weighted by Gasteiger charge is 2.24. The molecule has 0 spiro atoms. The first kappa shape index (κ1) is 11.7. The van der Waals surface area contributed by atoms with Gasteiger partial charge in [0.25, 0.3) is 0 Å². The van der Waals surface area contributed by atoms with Gasteiger partial charge in [0.1, 0.15) is 0 Å². The standard InChI is InChI=1S/C13H19ClN2/c1-3-16(9-11-4-5-11)13-6-10(2)15-8-12(13)7-14/h6,8,11H,3-5,7,9H2,1-2H3. The lowest BCUT2D eigenvalue weighted by Crippen LogP contribution is -2.26. The normalized spacial score (nSPS) is 15.2. The third-order valence-corrected chi connectivity index (χ3v) is 3.43. The molecule has 1 aliphatic rings. The van der Waals surface area contributed by atoms with Crippen molar-refractivity contribution in [1.82, 2.24) is 4.98 Å². The Bertz CT molecular complexity index is 361. The summed E-state index contributed by atoms with van der Waals surface area (Å²) in [5.41, 5.74) is 3.49. The summed E-state index contributed by atoms with van der Waals surface area (Å²) < 4.78 is 0. The van der Waals surface area contributed by atoms with E-state index in [0.29, 0.717) is 5.88 Å². The van der Waals surface area contributed by atoms with E-state index in [1.165, 1.54) is 25.1 Å². The molecule has 0 amide bonds. The van der Waals surface area contributed by atoms with Gasteiger partial charge in [-0.05, 0) is 38.7 Å². The summed E-state index contributed by atoms with van der Waals surface area (Å²) in [5, 5.41) is 0. The summed E-state index contributed by atoms with van der Waals surface area (Å²) in [4.78, 5) is 6.75. The third kappa shape index (κ3) is 2.67. The van der Waals surface area contributed by atoms with Gasteiger partial charge in [0, 0.05) is 36.2 Å². The van der Waals surface area contributed by atoms with E-state index in [2.05, 4.69) is 22.9 Å². The van der Waals surface area contributed by atoms with Crippen LogP contribution >= 0.6 is 11.6 Å². The van der Waals surface area contributed by atoms with E-state index < -0.39 is 0 Å². The molecule has 1 heterocycles. The number of aromatic nitrogens is 1. The molecule has 2 rings (SSSR count). The highest BCUT2D eigenvalue weighted by Crippen LogP contribution is 2.32. The Morgan fingerprint density at radius 3 is 2.81 bits per heavy atom. The van der Waals surface area contributed by atoms with Gasteiger partial charge >= 0.3 is 0 Å². The molecule has 88 valence electrons. The average Bonchev–Trinajstić information content (AvgIpc) is 3.09. The largest absolute Gasteiger partial charge is 0.371 e. The second-order valence-electron chi connectivity index (χ2n) is 4.57. The molecule has 1 aromatic rings. The lowest BCUT2D eigenvalue weighted by molar-refractivity contribution is 0.738. The Hall–Kier alpha value is -0.760. The minimum atomic E-state index is 0.545. The fourth-order valence-corrected chi connectivity index (χ4v) is 2.19. The van der Waals surface area contributed by atoms with Gasteiger partial charge in [-0.3, -0.25) is 4.98 Å². The molecule has 0 bridgehead atoms. The van der Waals surface area contributed by atoms with Gasteiger partial charge in [0.15, 0.2) is 0 Å². The van der Waals surface area contributed by atoms with Crippen LogP contribution in [0, 0.1) is 12.8 Å². The van der Waals surface area contributed by atoms with E-state index in [4.69, 9.17) is 11.6 Å². The number of hydrogen-bond acceptors (Lipinski definition) is 2. The van der Waals surface area contributed by atoms with Crippen LogP contribution < -0.4 is 4.90 Å². The number of rotatable bonds is 5. The highest BCUT2D eigenvalue weighted by molar-refractivity contribution is 6.17. The Morgan fingerprint density at radius 1 is 1.50 bits per heavy atom. The Balaban J connectivity index is 2.23. The summed E-state index contributed by atoms with van der Waals surface area (Å²) in [6.07, 6.45) is 4.68. The molecule has 0 unspecified atom stereocenters. The maximum Gasteiger partial charge on any atom is 0.0509 e. The minimum absolute atomic E-state index is 0.545. The first-order valence-corrected chi connectivity index (χ1v) is 6.54. The molecule has 1 fully saturated rings. The highest BCUT2D eigenvalue weighted by atomic mass is 35.5. The first-order chi connectivity index (χ1) is 7.74. The van der Waals surface area contributed by atoms with Crippen molar-refractivity contribution >= 4 is 17.3 Å². The predicted molar refractivity (Wildman–Crippen MR) is 69.1 cm³/mol. The van der Waals surface area contributed by atoms with Gasteiger partial charge in [-0.2, -0.15) is 0 Å². The van der Waals surface area contributed by atoms with Crippen molar-refractivity contribution in [1.29, 1.82) is 0 Å². The maximum atomic E-state index is 5.97. The van der Waals surface area contributed by atoms with Gasteiger partial charge in [0.2, 0.25) is 0 Å². The summed E-state index contributed by atoms with van der Waals surface area (Å²) in [7, 11) is 0. The lowest BCUT2D eigenvalue weighted by atomic mass is 10.2. The number of hydrogen-bond donors (Lipinski definition) is 0. The molecule has 0 atom stereocenters. The zero-order valence-corrected chi connectivity index (χ0v) is 10.8. The van der Waals surface area contributed by atoms with E-state index in [0.717, 1.165) is 23.7 Å². The van der Waals surface area contributed by atoms with Crippen molar-refractivity contribution in [2.75, 3.05) is 18.0 Å². The van der Waals surface area contributed by atoms with Gasteiger partial charge in [-0.1, -0.05) is 0 Å². The van der Waals surface area contributed by atoms with Crippen LogP contribution in [0.15, 0.2) is 12.3 Å². The monoisotopic (exact) mass is 238 g/mol. The van der Waals surface area contributed by atoms with E-state index in [9.17, 15) is 0 Å². The van der Waals surface area contributed by atoms with Gasteiger partial charge in [0.05, 0.1) is 5.88 Å². The van der Waals surface area contributed by atoms with Crippen molar-refractivity contribution in [3.05, 3.63) is 23.5 Å². The summed E-state index contributed by atoms with van der Waals surface area (Å²) in [6.45, 7) is 6.45. The molecule has 0 saturated heterocycles. The topological polar surface area (TPSA) is 16.1 Å². The molecule has 0 radical (unpaired) electrons. The van der Waals surface area contributed by atoms with Crippen LogP contribution in [-0.2, 0) is 5.88 Å². The van der Waals surface area contributed by atoms with Gasteiger partial charge < -0.3 is 4.90 Å². The smallest absolute Gasteiger partial charge is 0.0509 e. The van der Waals surface area contributed by atoms with Gasteiger partial charge in [-0.15, -0.1) is 11.6 Å². The lowest BCUT2D eigenvalue weighted by Gasteiger charge is -2.25. The summed E-state index contributed by atoms with van der Waals surface area (Å²) in [5.74, 6) is 1.45. The summed E-state index contributed by atoms with van der Waals surface area (Å²) >= 11 is 5.97. The van der Waals surface area contributed by atoms with E-state index in [1.54, 1.807) is 0 Å². The second-order valence-corrected chi connectivity index (χ2v) is 4.84.